The summed E-state index contributed by atoms with van der Waals surface area (Å²) < 4.78 is 2.15. The fraction of sp³-hybridized carbons (Fsp3) is 0.333. The molecule has 6 heteroatoms. The molecule has 110 valence electrons. The van der Waals surface area contributed by atoms with Gasteiger partial charge in [0.25, 0.3) is 0 Å². The summed E-state index contributed by atoms with van der Waals surface area (Å²) in [7, 11) is 0. The number of fused-ring (bicyclic) bond motifs is 1. The first-order valence-corrected chi connectivity index (χ1v) is 8.19. The van der Waals surface area contributed by atoms with Crippen LogP contribution in [0.1, 0.15) is 24.9 Å². The van der Waals surface area contributed by atoms with E-state index < -0.39 is 0 Å². The topological polar surface area (TPSA) is 56.7 Å². The highest BCUT2D eigenvalue weighted by Gasteiger charge is 2.18. The number of hydrogen-bond acceptors (Lipinski definition) is 4. The lowest BCUT2D eigenvalue weighted by molar-refractivity contribution is 0.623. The van der Waals surface area contributed by atoms with Gasteiger partial charge in [0, 0.05) is 17.8 Å². The molecule has 0 fully saturated rings. The first-order valence-electron chi connectivity index (χ1n) is 6.93. The monoisotopic (exact) mass is 320 g/mol. The summed E-state index contributed by atoms with van der Waals surface area (Å²) in [5.41, 5.74) is 8.36. The van der Waals surface area contributed by atoms with E-state index in [2.05, 4.69) is 23.4 Å². The average Bonchev–Trinajstić information content (AvgIpc) is 3.03. The molecule has 0 saturated carbocycles. The van der Waals surface area contributed by atoms with E-state index in [1.54, 1.807) is 11.3 Å². The summed E-state index contributed by atoms with van der Waals surface area (Å²) in [6.07, 6.45) is 0.799. The molecule has 0 bridgehead atoms. The number of nitrogens with two attached hydrogens (primary N) is 1. The zero-order chi connectivity index (χ0) is 15.0. The van der Waals surface area contributed by atoms with Crippen LogP contribution in [0.25, 0.3) is 22.6 Å². The van der Waals surface area contributed by atoms with E-state index in [1.165, 1.54) is 0 Å². The quantitative estimate of drug-likeness (QED) is 0.793. The molecule has 1 aromatic carbocycles. The zero-order valence-electron chi connectivity index (χ0n) is 12.0. The predicted octanol–water partition coefficient (Wildman–Crippen LogP) is 3.90. The number of benzene rings is 1. The van der Waals surface area contributed by atoms with Crippen LogP contribution in [0.5, 0.6) is 0 Å². The second kappa shape index (κ2) is 5.75. The Morgan fingerprint density at radius 1 is 1.33 bits per heavy atom. The standard InChI is InChI=1S/C15H17ClN4S/c1-9(2)20-14-10(16)4-3-5-11(14)19-15(20)12-8-21-13(18-12)6-7-17/h3-5,8-9H,6-7,17H2,1-2H3. The van der Waals surface area contributed by atoms with Gasteiger partial charge in [0.1, 0.15) is 5.69 Å². The molecule has 0 amide bonds. The van der Waals surface area contributed by atoms with Crippen molar-refractivity contribution in [3.8, 4) is 11.5 Å². The van der Waals surface area contributed by atoms with Crippen molar-refractivity contribution < 1.29 is 0 Å². The molecule has 2 N–H and O–H groups in total. The third-order valence-electron chi connectivity index (χ3n) is 3.32. The van der Waals surface area contributed by atoms with Crippen molar-refractivity contribution in [1.29, 1.82) is 0 Å². The number of nitrogens with zero attached hydrogens (tertiary/aromatic N) is 3. The highest BCUT2D eigenvalue weighted by molar-refractivity contribution is 7.09. The normalized spacial score (nSPS) is 11.7. The van der Waals surface area contributed by atoms with Crippen molar-refractivity contribution >= 4 is 34.0 Å². The minimum Gasteiger partial charge on any atom is -0.330 e. The molecule has 0 aliphatic carbocycles. The minimum absolute atomic E-state index is 0.254. The number of thiazole rings is 1. The van der Waals surface area contributed by atoms with Crippen LogP contribution in [-0.2, 0) is 6.42 Å². The van der Waals surface area contributed by atoms with Gasteiger partial charge < -0.3 is 10.3 Å². The average molecular weight is 321 g/mol. The SMILES string of the molecule is CC(C)n1c(-c2csc(CCN)n2)nc2cccc(Cl)c21. The highest BCUT2D eigenvalue weighted by atomic mass is 35.5. The van der Waals surface area contributed by atoms with Crippen LogP contribution in [0.3, 0.4) is 0 Å². The van der Waals surface area contributed by atoms with Crippen LogP contribution in [0, 0.1) is 0 Å². The van der Waals surface area contributed by atoms with Gasteiger partial charge in [0.05, 0.1) is 21.1 Å². The van der Waals surface area contributed by atoms with Crippen molar-refractivity contribution in [2.45, 2.75) is 26.3 Å². The van der Waals surface area contributed by atoms with E-state index in [4.69, 9.17) is 22.3 Å². The van der Waals surface area contributed by atoms with Gasteiger partial charge in [-0.1, -0.05) is 17.7 Å². The summed E-state index contributed by atoms with van der Waals surface area (Å²) in [5, 5.41) is 3.80. The Balaban J connectivity index is 2.21. The first-order chi connectivity index (χ1) is 10.1. The van der Waals surface area contributed by atoms with Gasteiger partial charge in [0.15, 0.2) is 5.82 Å². The van der Waals surface area contributed by atoms with Gasteiger partial charge in [-0.25, -0.2) is 9.97 Å². The van der Waals surface area contributed by atoms with Gasteiger partial charge in [0.2, 0.25) is 0 Å². The van der Waals surface area contributed by atoms with E-state index >= 15 is 0 Å². The molecule has 0 aliphatic rings. The Bertz CT molecular complexity index is 775. The zero-order valence-corrected chi connectivity index (χ0v) is 13.6. The van der Waals surface area contributed by atoms with E-state index in [-0.39, 0.29) is 6.04 Å². The molecule has 0 radical (unpaired) electrons. The van der Waals surface area contributed by atoms with Crippen molar-refractivity contribution in [2.75, 3.05) is 6.54 Å². The fourth-order valence-electron chi connectivity index (χ4n) is 2.44. The summed E-state index contributed by atoms with van der Waals surface area (Å²) in [5.74, 6) is 0.868. The maximum absolute atomic E-state index is 6.37. The third-order valence-corrected chi connectivity index (χ3v) is 4.53. The number of para-hydroxylation sites is 1. The van der Waals surface area contributed by atoms with Gasteiger partial charge in [-0.05, 0) is 32.5 Å². The second-order valence-electron chi connectivity index (χ2n) is 5.17. The molecule has 0 unspecified atom stereocenters. The van der Waals surface area contributed by atoms with Gasteiger partial charge in [-0.15, -0.1) is 11.3 Å². The summed E-state index contributed by atoms with van der Waals surface area (Å²) in [4.78, 5) is 9.38. The minimum atomic E-state index is 0.254. The van der Waals surface area contributed by atoms with Crippen molar-refractivity contribution in [3.05, 3.63) is 33.6 Å². The van der Waals surface area contributed by atoms with Crippen LogP contribution < -0.4 is 5.73 Å². The molecule has 2 aromatic heterocycles. The number of aromatic nitrogens is 3. The predicted molar refractivity (Wildman–Crippen MR) is 89.0 cm³/mol. The molecule has 2 heterocycles. The maximum Gasteiger partial charge on any atom is 0.160 e. The van der Waals surface area contributed by atoms with Gasteiger partial charge >= 0.3 is 0 Å². The first kappa shape index (κ1) is 14.5. The van der Waals surface area contributed by atoms with Gasteiger partial charge in [-0.3, -0.25) is 0 Å². The number of imidazole rings is 1. The molecule has 21 heavy (non-hydrogen) atoms. The lowest BCUT2D eigenvalue weighted by Crippen LogP contribution is -2.04. The maximum atomic E-state index is 6.37. The number of hydrogen-bond donors (Lipinski definition) is 1. The molecule has 0 atom stereocenters. The molecular weight excluding hydrogens is 304 g/mol. The molecular formula is C15H17ClN4S. The summed E-state index contributed by atoms with van der Waals surface area (Å²) >= 11 is 7.99. The Kier molecular flexibility index (Phi) is 3.97. The third kappa shape index (κ3) is 2.57. The van der Waals surface area contributed by atoms with E-state index in [0.717, 1.165) is 39.0 Å². The summed E-state index contributed by atoms with van der Waals surface area (Å²) in [6.45, 7) is 4.86. The van der Waals surface area contributed by atoms with E-state index in [9.17, 15) is 0 Å². The molecule has 4 nitrogen and oxygen atoms in total. The van der Waals surface area contributed by atoms with Crippen molar-refractivity contribution in [3.63, 3.8) is 0 Å². The lowest BCUT2D eigenvalue weighted by Gasteiger charge is -2.12. The molecule has 3 rings (SSSR count). The Labute approximate surface area is 132 Å². The van der Waals surface area contributed by atoms with Crippen molar-refractivity contribution in [1.82, 2.24) is 14.5 Å². The molecule has 3 aromatic rings. The Hall–Kier alpha value is -1.43. The highest BCUT2D eigenvalue weighted by Crippen LogP contribution is 2.32. The lowest BCUT2D eigenvalue weighted by atomic mass is 10.3. The largest absolute Gasteiger partial charge is 0.330 e. The van der Waals surface area contributed by atoms with Crippen molar-refractivity contribution in [2.24, 2.45) is 5.73 Å². The second-order valence-corrected chi connectivity index (χ2v) is 6.52. The van der Waals surface area contributed by atoms with Gasteiger partial charge in [-0.2, -0.15) is 0 Å². The Morgan fingerprint density at radius 3 is 2.86 bits per heavy atom. The van der Waals surface area contributed by atoms with Crippen LogP contribution in [0.15, 0.2) is 23.6 Å². The number of halogens is 1. The van der Waals surface area contributed by atoms with Crippen LogP contribution >= 0.6 is 22.9 Å². The van der Waals surface area contributed by atoms with Crippen LogP contribution in [-0.4, -0.2) is 21.1 Å². The van der Waals surface area contributed by atoms with Crippen LogP contribution in [0.4, 0.5) is 0 Å². The molecule has 0 spiro atoms. The van der Waals surface area contributed by atoms with E-state index in [1.807, 2.05) is 23.6 Å². The smallest absolute Gasteiger partial charge is 0.160 e. The van der Waals surface area contributed by atoms with E-state index in [0.29, 0.717) is 6.54 Å². The van der Waals surface area contributed by atoms with Crippen LogP contribution in [0.2, 0.25) is 5.02 Å². The number of rotatable bonds is 4. The molecule has 0 saturated heterocycles. The fourth-order valence-corrected chi connectivity index (χ4v) is 3.50. The summed E-state index contributed by atoms with van der Waals surface area (Å²) in [6, 6.07) is 6.06. The molecule has 0 aliphatic heterocycles. The Morgan fingerprint density at radius 2 is 2.14 bits per heavy atom.